The molecule has 120 valence electrons. The Morgan fingerprint density at radius 3 is 1.88 bits per heavy atom. The van der Waals surface area contributed by atoms with Gasteiger partial charge in [-0.2, -0.15) is 0 Å². The molecule has 1 heterocycles. The van der Waals surface area contributed by atoms with Crippen molar-refractivity contribution >= 4 is 37.6 Å². The number of benzene rings is 2. The zero-order valence-corrected chi connectivity index (χ0v) is 15.8. The standard InChI is InChI=1S/C19H12Br2O3/c1-11(22)18-16(12-2-6-14(20)7-3-12)10-17(23)24-19(18)13-4-8-15(21)9-5-13/h2-10H,1H3. The van der Waals surface area contributed by atoms with E-state index in [1.807, 2.05) is 36.4 Å². The largest absolute Gasteiger partial charge is 0.422 e. The normalized spacial score (nSPS) is 10.6. The fraction of sp³-hybridized carbons (Fsp3) is 0.0526. The summed E-state index contributed by atoms with van der Waals surface area (Å²) in [5.74, 6) is 0.134. The molecule has 0 unspecified atom stereocenters. The molecule has 0 aliphatic rings. The third-order valence-corrected chi connectivity index (χ3v) is 4.63. The van der Waals surface area contributed by atoms with E-state index in [2.05, 4.69) is 31.9 Å². The van der Waals surface area contributed by atoms with Crippen molar-refractivity contribution in [2.24, 2.45) is 0 Å². The van der Waals surface area contributed by atoms with Crippen molar-refractivity contribution in [2.75, 3.05) is 0 Å². The molecule has 0 spiro atoms. The van der Waals surface area contributed by atoms with Gasteiger partial charge in [0.2, 0.25) is 0 Å². The molecule has 0 saturated carbocycles. The molecule has 0 amide bonds. The number of hydrogen-bond acceptors (Lipinski definition) is 3. The number of rotatable bonds is 3. The van der Waals surface area contributed by atoms with Crippen molar-refractivity contribution in [3.63, 3.8) is 0 Å². The fourth-order valence-electron chi connectivity index (χ4n) is 2.50. The number of Topliss-reactive ketones (excluding diaryl/α,β-unsaturated/α-hetero) is 1. The summed E-state index contributed by atoms with van der Waals surface area (Å²) in [6, 6.07) is 16.1. The number of hydrogen-bond donors (Lipinski definition) is 0. The van der Waals surface area contributed by atoms with E-state index in [4.69, 9.17) is 4.42 Å². The van der Waals surface area contributed by atoms with E-state index in [1.54, 1.807) is 12.1 Å². The van der Waals surface area contributed by atoms with Crippen LogP contribution < -0.4 is 5.63 Å². The van der Waals surface area contributed by atoms with Gasteiger partial charge in [-0.3, -0.25) is 4.79 Å². The quantitative estimate of drug-likeness (QED) is 0.483. The Labute approximate surface area is 155 Å². The minimum Gasteiger partial charge on any atom is -0.422 e. The van der Waals surface area contributed by atoms with E-state index in [1.165, 1.54) is 13.0 Å². The first-order valence-electron chi connectivity index (χ1n) is 7.16. The highest BCUT2D eigenvalue weighted by molar-refractivity contribution is 9.10. The second-order valence-corrected chi connectivity index (χ2v) is 7.08. The van der Waals surface area contributed by atoms with Gasteiger partial charge < -0.3 is 4.42 Å². The smallest absolute Gasteiger partial charge is 0.336 e. The highest BCUT2D eigenvalue weighted by Crippen LogP contribution is 2.32. The molecular formula is C19H12Br2O3. The summed E-state index contributed by atoms with van der Waals surface area (Å²) in [7, 11) is 0. The Morgan fingerprint density at radius 2 is 1.38 bits per heavy atom. The van der Waals surface area contributed by atoms with Crippen LogP contribution in [0, 0.1) is 0 Å². The molecule has 3 nitrogen and oxygen atoms in total. The lowest BCUT2D eigenvalue weighted by molar-refractivity contribution is 0.101. The van der Waals surface area contributed by atoms with Crippen LogP contribution in [0.1, 0.15) is 17.3 Å². The predicted molar refractivity (Wildman–Crippen MR) is 101 cm³/mol. The average molecular weight is 448 g/mol. The first-order chi connectivity index (χ1) is 11.5. The van der Waals surface area contributed by atoms with E-state index >= 15 is 0 Å². The molecule has 2 aromatic carbocycles. The van der Waals surface area contributed by atoms with Crippen LogP contribution in [-0.2, 0) is 0 Å². The van der Waals surface area contributed by atoms with Gasteiger partial charge in [0.15, 0.2) is 5.78 Å². The van der Waals surface area contributed by atoms with Crippen LogP contribution in [0.25, 0.3) is 22.5 Å². The van der Waals surface area contributed by atoms with Crippen LogP contribution in [0.3, 0.4) is 0 Å². The second-order valence-electron chi connectivity index (χ2n) is 5.25. The second kappa shape index (κ2) is 6.87. The lowest BCUT2D eigenvalue weighted by atomic mass is 9.95. The first-order valence-corrected chi connectivity index (χ1v) is 8.75. The Balaban J connectivity index is 2.30. The molecule has 0 bridgehead atoms. The third-order valence-electron chi connectivity index (χ3n) is 3.57. The van der Waals surface area contributed by atoms with Crippen LogP contribution in [0.2, 0.25) is 0 Å². The van der Waals surface area contributed by atoms with Gasteiger partial charge >= 0.3 is 5.63 Å². The molecule has 24 heavy (non-hydrogen) atoms. The highest BCUT2D eigenvalue weighted by atomic mass is 79.9. The fourth-order valence-corrected chi connectivity index (χ4v) is 3.03. The highest BCUT2D eigenvalue weighted by Gasteiger charge is 2.19. The Hall–Kier alpha value is -1.98. The van der Waals surface area contributed by atoms with Gasteiger partial charge in [-0.15, -0.1) is 0 Å². The molecule has 0 atom stereocenters. The summed E-state index contributed by atoms with van der Waals surface area (Å²) in [4.78, 5) is 24.4. The van der Waals surface area contributed by atoms with Crippen molar-refractivity contribution in [1.82, 2.24) is 0 Å². The molecule has 3 rings (SSSR count). The molecule has 0 fully saturated rings. The van der Waals surface area contributed by atoms with Crippen LogP contribution in [0.15, 0.2) is 72.8 Å². The van der Waals surface area contributed by atoms with Crippen molar-refractivity contribution in [2.45, 2.75) is 6.92 Å². The SMILES string of the molecule is CC(=O)c1c(-c2ccc(Br)cc2)cc(=O)oc1-c1ccc(Br)cc1. The van der Waals surface area contributed by atoms with Crippen LogP contribution in [-0.4, -0.2) is 5.78 Å². The minimum absolute atomic E-state index is 0.158. The summed E-state index contributed by atoms with van der Waals surface area (Å²) in [5, 5.41) is 0. The maximum absolute atomic E-state index is 12.3. The van der Waals surface area contributed by atoms with E-state index in [0.717, 1.165) is 14.5 Å². The third kappa shape index (κ3) is 3.42. The average Bonchev–Trinajstić information content (AvgIpc) is 2.55. The summed E-state index contributed by atoms with van der Waals surface area (Å²) >= 11 is 6.76. The summed E-state index contributed by atoms with van der Waals surface area (Å²) in [6.45, 7) is 1.47. The predicted octanol–water partition coefficient (Wildman–Crippen LogP) is 5.70. The molecule has 1 aromatic heterocycles. The van der Waals surface area contributed by atoms with Gasteiger partial charge in [0, 0.05) is 26.1 Å². The lowest BCUT2D eigenvalue weighted by Crippen LogP contribution is -2.07. The van der Waals surface area contributed by atoms with Gasteiger partial charge in [0.25, 0.3) is 0 Å². The van der Waals surface area contributed by atoms with E-state index in [0.29, 0.717) is 22.5 Å². The number of halogens is 2. The van der Waals surface area contributed by atoms with Crippen molar-refractivity contribution in [3.8, 4) is 22.5 Å². The summed E-state index contributed by atoms with van der Waals surface area (Å²) in [5.41, 5.74) is 1.95. The maximum atomic E-state index is 12.3. The topological polar surface area (TPSA) is 47.3 Å². The number of carbonyl (C=O) groups excluding carboxylic acids is 1. The zero-order valence-electron chi connectivity index (χ0n) is 12.7. The monoisotopic (exact) mass is 446 g/mol. The number of ketones is 1. The molecule has 0 radical (unpaired) electrons. The Morgan fingerprint density at radius 1 is 0.875 bits per heavy atom. The van der Waals surface area contributed by atoms with Crippen LogP contribution in [0.4, 0.5) is 0 Å². The Bertz CT molecular complexity index is 886. The molecule has 0 aliphatic carbocycles. The van der Waals surface area contributed by atoms with Crippen LogP contribution in [0.5, 0.6) is 0 Å². The minimum atomic E-state index is -0.490. The Kier molecular flexibility index (Phi) is 4.83. The van der Waals surface area contributed by atoms with Gasteiger partial charge in [0.1, 0.15) is 5.76 Å². The number of carbonyl (C=O) groups is 1. The molecule has 0 aliphatic heterocycles. The van der Waals surface area contributed by atoms with Gasteiger partial charge in [-0.1, -0.05) is 56.1 Å². The van der Waals surface area contributed by atoms with Crippen molar-refractivity contribution < 1.29 is 9.21 Å². The maximum Gasteiger partial charge on any atom is 0.336 e. The molecular weight excluding hydrogens is 436 g/mol. The van der Waals surface area contributed by atoms with Crippen molar-refractivity contribution in [1.29, 1.82) is 0 Å². The van der Waals surface area contributed by atoms with Gasteiger partial charge in [-0.05, 0) is 36.8 Å². The molecule has 5 heteroatoms. The van der Waals surface area contributed by atoms with Gasteiger partial charge in [0.05, 0.1) is 5.56 Å². The lowest BCUT2D eigenvalue weighted by Gasteiger charge is -2.11. The molecule has 0 N–H and O–H groups in total. The van der Waals surface area contributed by atoms with E-state index < -0.39 is 5.63 Å². The van der Waals surface area contributed by atoms with Crippen LogP contribution >= 0.6 is 31.9 Å². The summed E-state index contributed by atoms with van der Waals surface area (Å²) < 4.78 is 7.21. The van der Waals surface area contributed by atoms with E-state index in [9.17, 15) is 9.59 Å². The first kappa shape index (κ1) is 16.9. The molecule has 3 aromatic rings. The van der Waals surface area contributed by atoms with Crippen molar-refractivity contribution in [3.05, 3.63) is 79.5 Å². The zero-order chi connectivity index (χ0) is 17.3. The van der Waals surface area contributed by atoms with Gasteiger partial charge in [-0.25, -0.2) is 4.79 Å². The summed E-state index contributed by atoms with van der Waals surface area (Å²) in [6.07, 6.45) is 0. The molecule has 0 saturated heterocycles. The van der Waals surface area contributed by atoms with E-state index in [-0.39, 0.29) is 5.78 Å².